The van der Waals surface area contributed by atoms with Crippen molar-refractivity contribution in [2.24, 2.45) is 0 Å². The number of hydrogen-bond donors (Lipinski definition) is 4. The van der Waals surface area contributed by atoms with Gasteiger partial charge in [-0.05, 0) is 43.4 Å². The Balaban J connectivity index is 1.74. The molecule has 1 saturated carbocycles. The normalized spacial score (nSPS) is 37.2. The zero-order valence-corrected chi connectivity index (χ0v) is 16.0. The molecule has 3 rings (SSSR count). The third-order valence-electron chi connectivity index (χ3n) is 5.42. The first-order chi connectivity index (χ1) is 12.9. The van der Waals surface area contributed by atoms with E-state index in [2.05, 4.69) is 0 Å². The Hall–Kier alpha value is -0.930. The van der Waals surface area contributed by atoms with E-state index in [4.69, 9.17) is 25.8 Å². The molecule has 1 heterocycles. The quantitative estimate of drug-likeness (QED) is 0.585. The molecule has 152 valence electrons. The zero-order valence-electron chi connectivity index (χ0n) is 15.2. The van der Waals surface area contributed by atoms with Crippen LogP contribution in [-0.4, -0.2) is 70.8 Å². The van der Waals surface area contributed by atoms with Gasteiger partial charge in [-0.3, -0.25) is 0 Å². The maximum Gasteiger partial charge on any atom is 0.138 e. The van der Waals surface area contributed by atoms with E-state index < -0.39 is 37.1 Å². The monoisotopic (exact) mass is 402 g/mol. The van der Waals surface area contributed by atoms with Gasteiger partial charge in [-0.2, -0.15) is 0 Å². The molecular formula is C19H27ClO7. The van der Waals surface area contributed by atoms with E-state index in [1.54, 1.807) is 25.3 Å². The van der Waals surface area contributed by atoms with Gasteiger partial charge in [-0.25, -0.2) is 0 Å². The van der Waals surface area contributed by atoms with Crippen LogP contribution in [0.25, 0.3) is 0 Å². The topological polar surface area (TPSA) is 109 Å². The first-order valence-corrected chi connectivity index (χ1v) is 9.61. The van der Waals surface area contributed by atoms with E-state index in [0.717, 1.165) is 25.7 Å². The molecular weight excluding hydrogens is 376 g/mol. The van der Waals surface area contributed by atoms with Gasteiger partial charge in [0.25, 0.3) is 0 Å². The third kappa shape index (κ3) is 4.56. The molecule has 0 unspecified atom stereocenters. The summed E-state index contributed by atoms with van der Waals surface area (Å²) in [6.07, 6.45) is -2.17. The maximum absolute atomic E-state index is 10.3. The summed E-state index contributed by atoms with van der Waals surface area (Å²) >= 11 is 6.27. The number of hydrogen-bond acceptors (Lipinski definition) is 7. The lowest BCUT2D eigenvalue weighted by Gasteiger charge is -2.40. The summed E-state index contributed by atoms with van der Waals surface area (Å²) in [5.74, 6) is 0.479. The highest BCUT2D eigenvalue weighted by Gasteiger charge is 2.44. The SMILES string of the molecule is CO[C@H]1CC[C@@H](Oc2cc([C@@H]3O[C@H](CO)[C@@H](O)[C@H](O)[C@H]3O)ccc2Cl)CC1. The van der Waals surface area contributed by atoms with Crippen molar-refractivity contribution in [3.63, 3.8) is 0 Å². The van der Waals surface area contributed by atoms with Gasteiger partial charge >= 0.3 is 0 Å². The van der Waals surface area contributed by atoms with Crippen LogP contribution in [0.2, 0.25) is 5.02 Å². The molecule has 2 fully saturated rings. The number of ether oxygens (including phenoxy) is 3. The lowest BCUT2D eigenvalue weighted by Crippen LogP contribution is -2.55. The number of halogens is 1. The lowest BCUT2D eigenvalue weighted by atomic mass is 9.91. The number of aliphatic hydroxyl groups excluding tert-OH is 4. The summed E-state index contributed by atoms with van der Waals surface area (Å²) in [6.45, 7) is -0.471. The van der Waals surface area contributed by atoms with Crippen molar-refractivity contribution in [3.8, 4) is 5.75 Å². The van der Waals surface area contributed by atoms with E-state index >= 15 is 0 Å². The second kappa shape index (κ2) is 9.05. The van der Waals surface area contributed by atoms with Crippen LogP contribution in [0.4, 0.5) is 0 Å². The molecule has 0 radical (unpaired) electrons. The highest BCUT2D eigenvalue weighted by molar-refractivity contribution is 6.32. The van der Waals surface area contributed by atoms with Gasteiger partial charge in [-0.15, -0.1) is 0 Å². The van der Waals surface area contributed by atoms with Gasteiger partial charge in [-0.1, -0.05) is 17.7 Å². The molecule has 0 amide bonds. The molecule has 4 N–H and O–H groups in total. The van der Waals surface area contributed by atoms with Crippen LogP contribution >= 0.6 is 11.6 Å². The Bertz CT molecular complexity index is 618. The standard InChI is InChI=1S/C19H27ClO7/c1-25-11-3-5-12(6-4-11)26-14-8-10(2-7-13(14)20)19-18(24)17(23)16(22)15(9-21)27-19/h2,7-8,11-12,15-19,21-24H,3-6,9H2,1H3/t11-,12+,15-,16-,17+,18-,19+/m1/s1. The van der Waals surface area contributed by atoms with Crippen molar-refractivity contribution >= 4 is 11.6 Å². The van der Waals surface area contributed by atoms with Crippen molar-refractivity contribution in [1.82, 2.24) is 0 Å². The van der Waals surface area contributed by atoms with Crippen molar-refractivity contribution in [2.75, 3.05) is 13.7 Å². The van der Waals surface area contributed by atoms with Crippen LogP contribution in [0.3, 0.4) is 0 Å². The molecule has 0 bridgehead atoms. The average molecular weight is 403 g/mol. The predicted molar refractivity (Wildman–Crippen MR) is 97.9 cm³/mol. The first-order valence-electron chi connectivity index (χ1n) is 9.24. The Morgan fingerprint density at radius 2 is 1.70 bits per heavy atom. The minimum Gasteiger partial charge on any atom is -0.489 e. The molecule has 0 aromatic heterocycles. The molecule has 1 aliphatic carbocycles. The van der Waals surface area contributed by atoms with E-state index in [0.29, 0.717) is 16.3 Å². The molecule has 0 spiro atoms. The van der Waals surface area contributed by atoms with Crippen LogP contribution < -0.4 is 4.74 Å². The largest absolute Gasteiger partial charge is 0.489 e. The minimum absolute atomic E-state index is 0.0268. The van der Waals surface area contributed by atoms with Crippen LogP contribution in [0.5, 0.6) is 5.75 Å². The third-order valence-corrected chi connectivity index (χ3v) is 5.74. The molecule has 27 heavy (non-hydrogen) atoms. The van der Waals surface area contributed by atoms with Gasteiger partial charge in [0.15, 0.2) is 0 Å². The predicted octanol–water partition coefficient (Wildman–Crippen LogP) is 1.19. The maximum atomic E-state index is 10.3. The summed E-state index contributed by atoms with van der Waals surface area (Å²) in [5.41, 5.74) is 0.553. The van der Waals surface area contributed by atoms with Gasteiger partial charge in [0.1, 0.15) is 36.3 Å². The van der Waals surface area contributed by atoms with Crippen LogP contribution in [0, 0.1) is 0 Å². The molecule has 5 atom stereocenters. The van der Waals surface area contributed by atoms with Gasteiger partial charge in [0.2, 0.25) is 0 Å². The fraction of sp³-hybridized carbons (Fsp3) is 0.684. The smallest absolute Gasteiger partial charge is 0.138 e. The van der Waals surface area contributed by atoms with Gasteiger partial charge in [0.05, 0.1) is 23.8 Å². The molecule has 1 aromatic carbocycles. The van der Waals surface area contributed by atoms with Crippen LogP contribution in [0.15, 0.2) is 18.2 Å². The molecule has 7 nitrogen and oxygen atoms in total. The second-order valence-electron chi connectivity index (χ2n) is 7.19. The molecule has 8 heteroatoms. The number of methoxy groups -OCH3 is 1. The minimum atomic E-state index is -1.43. The Morgan fingerprint density at radius 1 is 1.04 bits per heavy atom. The summed E-state index contributed by atoms with van der Waals surface area (Å²) < 4.78 is 17.0. The molecule has 1 aliphatic heterocycles. The lowest BCUT2D eigenvalue weighted by molar-refractivity contribution is -0.231. The fourth-order valence-electron chi connectivity index (χ4n) is 3.73. The Morgan fingerprint density at radius 3 is 2.33 bits per heavy atom. The van der Waals surface area contributed by atoms with E-state index in [9.17, 15) is 20.4 Å². The summed E-state index contributed by atoms with van der Waals surface area (Å²) in [7, 11) is 1.71. The van der Waals surface area contributed by atoms with Crippen molar-refractivity contribution in [3.05, 3.63) is 28.8 Å². The van der Waals surface area contributed by atoms with Crippen LogP contribution in [0.1, 0.15) is 37.4 Å². The van der Waals surface area contributed by atoms with Crippen molar-refractivity contribution in [1.29, 1.82) is 0 Å². The summed E-state index contributed by atoms with van der Waals surface area (Å²) in [5, 5.41) is 40.0. The average Bonchev–Trinajstić information content (AvgIpc) is 2.69. The first kappa shape index (κ1) is 20.8. The molecule has 1 aromatic rings. The van der Waals surface area contributed by atoms with E-state index in [-0.39, 0.29) is 12.2 Å². The Labute approximate surface area is 163 Å². The fourth-order valence-corrected chi connectivity index (χ4v) is 3.89. The van der Waals surface area contributed by atoms with Gasteiger partial charge in [0, 0.05) is 7.11 Å². The highest BCUT2D eigenvalue weighted by atomic mass is 35.5. The number of rotatable bonds is 5. The molecule has 2 aliphatic rings. The summed E-state index contributed by atoms with van der Waals surface area (Å²) in [6, 6.07) is 5.00. The second-order valence-corrected chi connectivity index (χ2v) is 7.60. The number of aliphatic hydroxyl groups is 4. The van der Waals surface area contributed by atoms with Crippen molar-refractivity contribution in [2.45, 2.75) is 68.4 Å². The van der Waals surface area contributed by atoms with Crippen LogP contribution in [-0.2, 0) is 9.47 Å². The van der Waals surface area contributed by atoms with Gasteiger partial charge < -0.3 is 34.6 Å². The van der Waals surface area contributed by atoms with E-state index in [1.807, 2.05) is 0 Å². The highest BCUT2D eigenvalue weighted by Crippen LogP contribution is 2.37. The molecule has 1 saturated heterocycles. The zero-order chi connectivity index (χ0) is 19.6. The number of benzene rings is 1. The van der Waals surface area contributed by atoms with Crippen molar-refractivity contribution < 1.29 is 34.6 Å². The van der Waals surface area contributed by atoms with E-state index in [1.165, 1.54) is 0 Å². The Kier molecular flexibility index (Phi) is 6.97. The summed E-state index contributed by atoms with van der Waals surface area (Å²) in [4.78, 5) is 0.